The van der Waals surface area contributed by atoms with Gasteiger partial charge in [0.2, 0.25) is 0 Å². The first kappa shape index (κ1) is 18.4. The van der Waals surface area contributed by atoms with Crippen LogP contribution in [0.25, 0.3) is 16.8 Å². The first-order chi connectivity index (χ1) is 13.2. The van der Waals surface area contributed by atoms with Gasteiger partial charge in [-0.3, -0.25) is 4.99 Å². The Morgan fingerprint density at radius 1 is 1.04 bits per heavy atom. The molecule has 27 heavy (non-hydrogen) atoms. The van der Waals surface area contributed by atoms with Gasteiger partial charge in [0.15, 0.2) is 0 Å². The molecule has 0 fully saturated rings. The molecule has 0 atom stereocenters. The average molecular weight is 362 g/mol. The third-order valence-electron chi connectivity index (χ3n) is 3.82. The molecule has 0 aliphatic carbocycles. The summed E-state index contributed by atoms with van der Waals surface area (Å²) in [4.78, 5) is 8.52. The second-order valence-corrected chi connectivity index (χ2v) is 5.69. The van der Waals surface area contributed by atoms with Crippen molar-refractivity contribution < 1.29 is 9.13 Å². The second kappa shape index (κ2) is 8.80. The number of hydrogen-bond acceptors (Lipinski definition) is 5. The monoisotopic (exact) mass is 362 g/mol. The normalized spacial score (nSPS) is 13.5. The number of nitrogens with zero attached hydrogens (tertiary/aromatic N) is 4. The van der Waals surface area contributed by atoms with Crippen LogP contribution >= 0.6 is 0 Å². The molecular formula is C21H19FN4O. The van der Waals surface area contributed by atoms with E-state index in [9.17, 15) is 4.39 Å². The summed E-state index contributed by atoms with van der Waals surface area (Å²) in [6.45, 7) is 4.22. The first-order valence-corrected chi connectivity index (χ1v) is 8.54. The van der Waals surface area contributed by atoms with Crippen LogP contribution in [0.1, 0.15) is 13.8 Å². The van der Waals surface area contributed by atoms with Gasteiger partial charge in [-0.2, -0.15) is 5.11 Å². The van der Waals surface area contributed by atoms with E-state index in [-0.39, 0.29) is 5.82 Å². The van der Waals surface area contributed by atoms with E-state index in [2.05, 4.69) is 20.2 Å². The summed E-state index contributed by atoms with van der Waals surface area (Å²) in [5.74, 6) is 0.303. The van der Waals surface area contributed by atoms with Crippen LogP contribution in [0, 0.1) is 5.82 Å². The van der Waals surface area contributed by atoms with E-state index in [1.165, 1.54) is 18.5 Å². The minimum absolute atomic E-state index is 0.297. The number of halogens is 1. The van der Waals surface area contributed by atoms with Crippen molar-refractivity contribution in [2.75, 3.05) is 6.61 Å². The lowest BCUT2D eigenvalue weighted by Gasteiger charge is -2.09. The molecule has 0 radical (unpaired) electrons. The summed E-state index contributed by atoms with van der Waals surface area (Å²) in [5.41, 5.74) is 2.21. The Morgan fingerprint density at radius 3 is 2.70 bits per heavy atom. The molecule has 2 aromatic rings. The van der Waals surface area contributed by atoms with Crippen molar-refractivity contribution in [1.29, 1.82) is 0 Å². The van der Waals surface area contributed by atoms with Gasteiger partial charge < -0.3 is 4.74 Å². The zero-order chi connectivity index (χ0) is 19.1. The van der Waals surface area contributed by atoms with Crippen molar-refractivity contribution in [2.45, 2.75) is 13.8 Å². The Labute approximate surface area is 156 Å². The van der Waals surface area contributed by atoms with Gasteiger partial charge >= 0.3 is 0 Å². The lowest BCUT2D eigenvalue weighted by atomic mass is 10.0. The molecule has 1 aliphatic rings. The van der Waals surface area contributed by atoms with Gasteiger partial charge in [0.1, 0.15) is 23.3 Å². The lowest BCUT2D eigenvalue weighted by molar-refractivity contribution is 0.336. The molecule has 6 heteroatoms. The topological polar surface area (TPSA) is 58.7 Å². The standard InChI is InChI=1S/C21H19FN4O/c1-3-27-20-13-17(16-7-6-8-18(22)11-16)12-19-15(2)26-25-14-23-9-4-5-10-24-21(19)20/h4-14H,3H2,1-2H3. The van der Waals surface area contributed by atoms with Crippen molar-refractivity contribution >= 4 is 12.0 Å². The molecular weight excluding hydrogens is 343 g/mol. The predicted octanol–water partition coefficient (Wildman–Crippen LogP) is 4.16. The van der Waals surface area contributed by atoms with Crippen LogP contribution in [0.2, 0.25) is 0 Å². The fourth-order valence-corrected chi connectivity index (χ4v) is 2.62. The van der Waals surface area contributed by atoms with Crippen molar-refractivity contribution in [3.8, 4) is 16.9 Å². The third-order valence-corrected chi connectivity index (χ3v) is 3.82. The van der Waals surface area contributed by atoms with E-state index in [1.54, 1.807) is 30.6 Å². The summed E-state index contributed by atoms with van der Waals surface area (Å²) >= 11 is 0. The third kappa shape index (κ3) is 4.61. The molecule has 2 aromatic carbocycles. The van der Waals surface area contributed by atoms with Crippen molar-refractivity contribution in [1.82, 2.24) is 0 Å². The molecule has 1 aliphatic heterocycles. The summed E-state index contributed by atoms with van der Waals surface area (Å²) in [7, 11) is 0. The van der Waals surface area contributed by atoms with Crippen molar-refractivity contribution in [2.24, 2.45) is 20.2 Å². The number of rotatable bonds is 3. The molecule has 0 bridgehead atoms. The highest BCUT2D eigenvalue weighted by molar-refractivity contribution is 5.66. The van der Waals surface area contributed by atoms with Gasteiger partial charge in [0.05, 0.1) is 12.3 Å². The molecule has 0 aromatic heterocycles. The van der Waals surface area contributed by atoms with E-state index in [1.807, 2.05) is 32.0 Å². The van der Waals surface area contributed by atoms with Crippen LogP contribution < -0.4 is 15.3 Å². The molecule has 0 N–H and O–H groups in total. The Bertz CT molecular complexity index is 1070. The van der Waals surface area contributed by atoms with Gasteiger partial charge in [-0.05, 0) is 61.4 Å². The minimum atomic E-state index is -0.297. The van der Waals surface area contributed by atoms with Crippen LogP contribution in [0.5, 0.6) is 5.75 Å². The molecule has 0 unspecified atom stereocenters. The molecule has 5 nitrogen and oxygen atoms in total. The fraction of sp³-hybridized carbons (Fsp3) is 0.143. The van der Waals surface area contributed by atoms with Gasteiger partial charge in [-0.1, -0.05) is 12.1 Å². The van der Waals surface area contributed by atoms with Gasteiger partial charge in [0.25, 0.3) is 0 Å². The lowest BCUT2D eigenvalue weighted by Crippen LogP contribution is -2.29. The summed E-state index contributed by atoms with van der Waals surface area (Å²) in [6.07, 6.45) is 8.15. The van der Waals surface area contributed by atoms with E-state index in [0.29, 0.717) is 23.4 Å². The van der Waals surface area contributed by atoms with Gasteiger partial charge in [0, 0.05) is 17.6 Å². The van der Waals surface area contributed by atoms with E-state index < -0.39 is 0 Å². The highest BCUT2D eigenvalue weighted by atomic mass is 19.1. The number of allylic oxidation sites excluding steroid dienone is 2. The van der Waals surface area contributed by atoms with Crippen molar-refractivity contribution in [3.63, 3.8) is 0 Å². The van der Waals surface area contributed by atoms with Crippen molar-refractivity contribution in [3.05, 3.63) is 77.3 Å². The number of aliphatic imine (C=N–C) groups is 1. The quantitative estimate of drug-likeness (QED) is 0.809. The number of hydrogen-bond donors (Lipinski definition) is 0. The van der Waals surface area contributed by atoms with E-state index in [4.69, 9.17) is 4.74 Å². The molecule has 3 rings (SSSR count). The summed E-state index contributed by atoms with van der Waals surface area (Å²) in [6, 6.07) is 10.2. The predicted molar refractivity (Wildman–Crippen MR) is 104 cm³/mol. The molecule has 136 valence electrons. The maximum Gasteiger partial charge on any atom is 0.146 e. The van der Waals surface area contributed by atoms with Crippen LogP contribution in [0.4, 0.5) is 4.39 Å². The highest BCUT2D eigenvalue weighted by Crippen LogP contribution is 2.21. The Morgan fingerprint density at radius 2 is 1.89 bits per heavy atom. The summed E-state index contributed by atoms with van der Waals surface area (Å²) < 4.78 is 19.5. The maximum absolute atomic E-state index is 13.7. The van der Waals surface area contributed by atoms with Crippen LogP contribution in [-0.4, -0.2) is 12.9 Å². The first-order valence-electron chi connectivity index (χ1n) is 8.54. The Hall–Kier alpha value is -3.41. The van der Waals surface area contributed by atoms with Crippen LogP contribution in [-0.2, 0) is 0 Å². The Kier molecular flexibility index (Phi) is 5.99. The smallest absolute Gasteiger partial charge is 0.146 e. The number of ether oxygens (including phenoxy) is 1. The van der Waals surface area contributed by atoms with Gasteiger partial charge in [-0.25, -0.2) is 9.38 Å². The Balaban J connectivity index is 2.34. The largest absolute Gasteiger partial charge is 0.492 e. The summed E-state index contributed by atoms with van der Waals surface area (Å²) in [5, 5.41) is 9.56. The highest BCUT2D eigenvalue weighted by Gasteiger charge is 2.08. The number of benzene rings is 2. The van der Waals surface area contributed by atoms with E-state index >= 15 is 0 Å². The molecule has 0 saturated heterocycles. The zero-order valence-electron chi connectivity index (χ0n) is 15.1. The molecule has 0 spiro atoms. The van der Waals surface area contributed by atoms with Gasteiger partial charge in [-0.15, -0.1) is 5.11 Å². The molecule has 1 heterocycles. The SMILES string of the molecule is CCOc1cc(-c2cccc(F)c2)cc2c1=NC=CC=CN=CN=NC=2C. The number of fused-ring (bicyclic) bond motifs is 1. The van der Waals surface area contributed by atoms with Crippen LogP contribution in [0.15, 0.2) is 81.2 Å². The average Bonchev–Trinajstić information content (AvgIpc) is 2.66. The zero-order valence-corrected chi connectivity index (χ0v) is 15.1. The minimum Gasteiger partial charge on any atom is -0.492 e. The maximum atomic E-state index is 13.7. The molecule has 0 saturated carbocycles. The van der Waals surface area contributed by atoms with Crippen LogP contribution in [0.3, 0.4) is 0 Å². The second-order valence-electron chi connectivity index (χ2n) is 5.69. The van der Waals surface area contributed by atoms with E-state index in [0.717, 1.165) is 16.3 Å². The molecule has 0 amide bonds. The fourth-order valence-electron chi connectivity index (χ4n) is 2.62. The number of azo groups is 1.